The van der Waals surface area contributed by atoms with Crippen molar-refractivity contribution in [2.45, 2.75) is 49.8 Å². The summed E-state index contributed by atoms with van der Waals surface area (Å²) in [6.07, 6.45) is -2.07. The number of aliphatic hydroxyl groups excluding tert-OH is 2. The number of carbonyl (C=O) groups is 2. The van der Waals surface area contributed by atoms with Gasteiger partial charge in [0.2, 0.25) is 5.82 Å². The Morgan fingerprint density at radius 1 is 1.31 bits per heavy atom. The number of carbonyl (C=O) groups excluding carboxylic acids is 2. The number of ether oxygens (including phenoxy) is 3. The highest BCUT2D eigenvalue weighted by Gasteiger charge is 2.48. The van der Waals surface area contributed by atoms with Gasteiger partial charge in [-0.2, -0.15) is 0 Å². The van der Waals surface area contributed by atoms with Crippen molar-refractivity contribution < 1.29 is 34.0 Å². The van der Waals surface area contributed by atoms with E-state index in [9.17, 15) is 19.8 Å². The van der Waals surface area contributed by atoms with Crippen molar-refractivity contribution in [1.29, 1.82) is 0 Å². The molecule has 4 rings (SSSR count). The number of aliphatic hydroxyl groups is 2. The van der Waals surface area contributed by atoms with Crippen LogP contribution in [0.4, 0.5) is 10.6 Å². The van der Waals surface area contributed by atoms with Crippen LogP contribution in [0, 0.1) is 11.8 Å². The van der Waals surface area contributed by atoms with Crippen molar-refractivity contribution in [2.24, 2.45) is 0 Å². The van der Waals surface area contributed by atoms with Gasteiger partial charge in [-0.15, -0.1) is 0 Å². The van der Waals surface area contributed by atoms with Gasteiger partial charge in [-0.25, -0.2) is 19.7 Å². The Morgan fingerprint density at radius 2 is 2.08 bits per heavy atom. The van der Waals surface area contributed by atoms with Gasteiger partial charge in [0.25, 0.3) is 5.91 Å². The summed E-state index contributed by atoms with van der Waals surface area (Å²) in [6, 6.07) is 0.0716. The van der Waals surface area contributed by atoms with E-state index in [1.165, 1.54) is 22.9 Å². The van der Waals surface area contributed by atoms with Crippen LogP contribution >= 0.6 is 0 Å². The number of nitrogen functional groups attached to an aromatic ring is 1. The third kappa shape index (κ3) is 5.49. The average molecular weight is 504 g/mol. The number of methoxy groups -OCH3 is 2. The van der Waals surface area contributed by atoms with Crippen LogP contribution in [0.2, 0.25) is 0 Å². The van der Waals surface area contributed by atoms with E-state index in [-0.39, 0.29) is 35.4 Å². The van der Waals surface area contributed by atoms with E-state index in [1.54, 1.807) is 7.11 Å². The van der Waals surface area contributed by atoms with Gasteiger partial charge in [0, 0.05) is 26.3 Å². The fourth-order valence-corrected chi connectivity index (χ4v) is 3.78. The molecule has 0 radical (unpaired) electrons. The standard InChI is InChI=1S/C22H29N7O7/c1-34-10-4-9-28(22(33)35-2)8-3-5-13-26-18(23)14-19(27-13)29(11-24-14)21-16(31)15(30)17(36-21)20(32)25-12-6-7-12/h11-12,15-17,21,30-31H,4,6-10H2,1-2H3,(H,25,32)(H2,23,26,27)/t15?,16?,17-,21+/m0/s1. The van der Waals surface area contributed by atoms with Crippen LogP contribution in [-0.4, -0.2) is 105 Å². The van der Waals surface area contributed by atoms with Crippen molar-refractivity contribution in [1.82, 2.24) is 29.7 Å². The lowest BCUT2D eigenvalue weighted by atomic mass is 10.1. The first-order valence-electron chi connectivity index (χ1n) is 11.5. The number of amides is 2. The monoisotopic (exact) mass is 503 g/mol. The molecule has 2 fully saturated rings. The lowest BCUT2D eigenvalue weighted by molar-refractivity contribution is -0.137. The normalized spacial score (nSPS) is 23.2. The largest absolute Gasteiger partial charge is 0.453 e. The van der Waals surface area contributed by atoms with Gasteiger partial charge in [0.1, 0.15) is 17.7 Å². The number of imidazole rings is 1. The summed E-state index contributed by atoms with van der Waals surface area (Å²) >= 11 is 0. The minimum absolute atomic E-state index is 0.0454. The van der Waals surface area contributed by atoms with Crippen LogP contribution < -0.4 is 11.1 Å². The molecule has 3 heterocycles. The molecule has 36 heavy (non-hydrogen) atoms. The number of nitrogens with zero attached hydrogens (tertiary/aromatic N) is 5. The Morgan fingerprint density at radius 3 is 2.78 bits per heavy atom. The summed E-state index contributed by atoms with van der Waals surface area (Å²) < 4.78 is 16.9. The molecule has 5 N–H and O–H groups in total. The number of hydrogen-bond donors (Lipinski definition) is 4. The van der Waals surface area contributed by atoms with Crippen LogP contribution in [0.3, 0.4) is 0 Å². The number of aromatic nitrogens is 4. The van der Waals surface area contributed by atoms with Gasteiger partial charge in [-0.3, -0.25) is 14.3 Å². The van der Waals surface area contributed by atoms with Crippen LogP contribution in [0.5, 0.6) is 0 Å². The molecule has 2 aliphatic rings. The average Bonchev–Trinajstić information content (AvgIpc) is 3.50. The number of nitrogens with one attached hydrogen (secondary N) is 1. The summed E-state index contributed by atoms with van der Waals surface area (Å²) in [5.74, 6) is 5.21. The quantitative estimate of drug-likeness (QED) is 0.249. The minimum atomic E-state index is -1.44. The first-order chi connectivity index (χ1) is 17.3. The second-order valence-electron chi connectivity index (χ2n) is 8.51. The summed E-state index contributed by atoms with van der Waals surface area (Å²) in [4.78, 5) is 38.5. The minimum Gasteiger partial charge on any atom is -0.453 e. The predicted molar refractivity (Wildman–Crippen MR) is 124 cm³/mol. The molecule has 0 aromatic carbocycles. The maximum atomic E-state index is 12.4. The molecule has 2 amide bonds. The molecular formula is C22H29N7O7. The fraction of sp³-hybridized carbons (Fsp3) is 0.591. The van der Waals surface area contributed by atoms with E-state index in [0.717, 1.165) is 12.8 Å². The second-order valence-corrected chi connectivity index (χ2v) is 8.51. The molecule has 194 valence electrons. The Labute approximate surface area is 206 Å². The van der Waals surface area contributed by atoms with E-state index >= 15 is 0 Å². The molecule has 1 saturated carbocycles. The maximum absolute atomic E-state index is 12.4. The fourth-order valence-electron chi connectivity index (χ4n) is 3.78. The predicted octanol–water partition coefficient (Wildman–Crippen LogP) is -1.24. The van der Waals surface area contributed by atoms with Crippen LogP contribution in [-0.2, 0) is 19.0 Å². The SMILES string of the molecule is COCCCN(CC#Cc1nc(N)c2ncn([C@@H]3O[C@H](C(=O)NC4CC4)C(O)C3O)c2n1)C(=O)OC. The van der Waals surface area contributed by atoms with Crippen molar-refractivity contribution in [3.8, 4) is 11.8 Å². The van der Waals surface area contributed by atoms with Gasteiger partial charge in [-0.1, -0.05) is 5.92 Å². The van der Waals surface area contributed by atoms with Gasteiger partial charge in [0.05, 0.1) is 20.0 Å². The highest BCUT2D eigenvalue weighted by atomic mass is 16.6. The van der Waals surface area contributed by atoms with E-state index < -0.39 is 36.5 Å². The maximum Gasteiger partial charge on any atom is 0.410 e. The highest BCUT2D eigenvalue weighted by Crippen LogP contribution is 2.33. The highest BCUT2D eigenvalue weighted by molar-refractivity contribution is 5.83. The van der Waals surface area contributed by atoms with Crippen LogP contribution in [0.25, 0.3) is 11.2 Å². The molecule has 0 spiro atoms. The Hall–Kier alpha value is -3.51. The van der Waals surface area contributed by atoms with E-state index in [1.807, 2.05) is 0 Å². The summed E-state index contributed by atoms with van der Waals surface area (Å²) in [5, 5.41) is 23.8. The Bertz CT molecular complexity index is 1170. The molecule has 14 nitrogen and oxygen atoms in total. The third-order valence-corrected chi connectivity index (χ3v) is 5.82. The van der Waals surface area contributed by atoms with Crippen LogP contribution in [0.1, 0.15) is 31.3 Å². The third-order valence-electron chi connectivity index (χ3n) is 5.82. The number of hydrogen-bond acceptors (Lipinski definition) is 11. The number of fused-ring (bicyclic) bond motifs is 1. The first-order valence-corrected chi connectivity index (χ1v) is 11.5. The zero-order valence-electron chi connectivity index (χ0n) is 20.0. The molecular weight excluding hydrogens is 474 g/mol. The zero-order valence-corrected chi connectivity index (χ0v) is 20.0. The van der Waals surface area contributed by atoms with Crippen LogP contribution in [0.15, 0.2) is 6.33 Å². The molecule has 2 unspecified atom stereocenters. The van der Waals surface area contributed by atoms with Gasteiger partial charge in [-0.05, 0) is 25.2 Å². The van der Waals surface area contributed by atoms with E-state index in [0.29, 0.717) is 19.6 Å². The number of rotatable bonds is 8. The van der Waals surface area contributed by atoms with Crippen molar-refractivity contribution in [3.63, 3.8) is 0 Å². The molecule has 0 bridgehead atoms. The Balaban J connectivity index is 1.54. The summed E-state index contributed by atoms with van der Waals surface area (Å²) in [7, 11) is 2.86. The van der Waals surface area contributed by atoms with E-state index in [2.05, 4.69) is 32.1 Å². The first kappa shape index (κ1) is 25.6. The number of nitrogens with two attached hydrogens (primary N) is 1. The second kappa shape index (κ2) is 11.0. The lowest BCUT2D eigenvalue weighted by Crippen LogP contribution is -2.43. The van der Waals surface area contributed by atoms with Gasteiger partial charge in [0.15, 0.2) is 23.8 Å². The van der Waals surface area contributed by atoms with Crippen molar-refractivity contribution >= 4 is 29.0 Å². The molecule has 1 aliphatic heterocycles. The van der Waals surface area contributed by atoms with Crippen molar-refractivity contribution in [3.05, 3.63) is 12.2 Å². The summed E-state index contributed by atoms with van der Waals surface area (Å²) in [6.45, 7) is 0.929. The zero-order chi connectivity index (χ0) is 25.8. The smallest absolute Gasteiger partial charge is 0.410 e. The molecule has 2 aromatic heterocycles. The topological polar surface area (TPSA) is 187 Å². The molecule has 1 saturated heterocycles. The van der Waals surface area contributed by atoms with Crippen molar-refractivity contribution in [2.75, 3.05) is 39.6 Å². The Kier molecular flexibility index (Phi) is 7.85. The van der Waals surface area contributed by atoms with Gasteiger partial charge >= 0.3 is 6.09 Å². The molecule has 4 atom stereocenters. The number of anilines is 1. The van der Waals surface area contributed by atoms with Gasteiger partial charge < -0.3 is 35.5 Å². The molecule has 14 heteroatoms. The molecule has 2 aromatic rings. The molecule has 1 aliphatic carbocycles. The summed E-state index contributed by atoms with van der Waals surface area (Å²) in [5.41, 5.74) is 6.49. The lowest BCUT2D eigenvalue weighted by Gasteiger charge is -2.18. The van der Waals surface area contributed by atoms with E-state index in [4.69, 9.17) is 19.9 Å².